The normalized spacial score (nSPS) is 18.6. The highest BCUT2D eigenvalue weighted by molar-refractivity contribution is 6.31. The van der Waals surface area contributed by atoms with Gasteiger partial charge in [-0.05, 0) is 43.5 Å². The molecule has 0 amide bonds. The van der Waals surface area contributed by atoms with E-state index in [1.165, 1.54) is 19.2 Å². The first-order valence-corrected chi connectivity index (χ1v) is 14.0. The summed E-state index contributed by atoms with van der Waals surface area (Å²) in [7, 11) is 1.38. The van der Waals surface area contributed by atoms with E-state index in [1.807, 2.05) is 9.80 Å². The lowest BCUT2D eigenvalue weighted by Gasteiger charge is -2.37. The van der Waals surface area contributed by atoms with Crippen LogP contribution in [0.3, 0.4) is 0 Å². The molecule has 2 N–H and O–H groups in total. The molecule has 1 saturated heterocycles. The summed E-state index contributed by atoms with van der Waals surface area (Å²) in [4.78, 5) is 44.1. The minimum atomic E-state index is -4.42. The Labute approximate surface area is 245 Å². The van der Waals surface area contributed by atoms with Crippen molar-refractivity contribution in [1.29, 1.82) is 0 Å². The second kappa shape index (κ2) is 10.7. The van der Waals surface area contributed by atoms with E-state index in [-0.39, 0.29) is 64.7 Å². The monoisotopic (exact) mass is 594 g/mol. The highest BCUT2D eigenvalue weighted by Crippen LogP contribution is 2.47. The van der Waals surface area contributed by atoms with Gasteiger partial charge in [-0.3, -0.25) is 19.3 Å². The van der Waals surface area contributed by atoms with E-state index in [9.17, 15) is 37.8 Å². The number of hydrogen-bond donors (Lipinski definition) is 2. The van der Waals surface area contributed by atoms with Crippen LogP contribution in [-0.2, 0) is 23.8 Å². The molecule has 0 saturated carbocycles. The molecule has 8 nitrogen and oxygen atoms in total. The van der Waals surface area contributed by atoms with E-state index in [0.29, 0.717) is 49.4 Å². The summed E-state index contributed by atoms with van der Waals surface area (Å²) in [6.07, 6.45) is -3.68. The summed E-state index contributed by atoms with van der Waals surface area (Å²) in [6.45, 7) is 2.05. The molecular formula is C32H29F3N2O6. The van der Waals surface area contributed by atoms with Crippen LogP contribution >= 0.6 is 0 Å². The molecule has 0 bridgehead atoms. The molecule has 1 fully saturated rings. The number of hydrogen-bond acceptors (Lipinski definition) is 8. The van der Waals surface area contributed by atoms with Crippen molar-refractivity contribution < 1.29 is 42.5 Å². The summed E-state index contributed by atoms with van der Waals surface area (Å²) < 4.78 is 44.7. The molecule has 0 radical (unpaired) electrons. The predicted octanol–water partition coefficient (Wildman–Crippen LogP) is 4.40. The van der Waals surface area contributed by atoms with Crippen molar-refractivity contribution in [3.8, 4) is 17.2 Å². The number of ketones is 3. The van der Waals surface area contributed by atoms with Crippen LogP contribution in [0, 0.1) is 5.92 Å². The Kier molecular flexibility index (Phi) is 7.16. The molecule has 1 aliphatic heterocycles. The van der Waals surface area contributed by atoms with E-state index in [2.05, 4.69) is 0 Å². The van der Waals surface area contributed by atoms with E-state index >= 15 is 0 Å². The third-order valence-electron chi connectivity index (χ3n) is 8.77. The largest absolute Gasteiger partial charge is 0.507 e. The number of piperazine rings is 1. The van der Waals surface area contributed by atoms with Crippen LogP contribution < -0.4 is 9.64 Å². The topological polar surface area (TPSA) is 107 Å². The number of Topliss-reactive ketones (excluding diaryl/α,β-unsaturated/α-hetero) is 1. The van der Waals surface area contributed by atoms with Crippen molar-refractivity contribution in [2.75, 3.05) is 44.7 Å². The summed E-state index contributed by atoms with van der Waals surface area (Å²) in [5.41, 5.74) is 0.0243. The van der Waals surface area contributed by atoms with Gasteiger partial charge in [-0.15, -0.1) is 0 Å². The van der Waals surface area contributed by atoms with Crippen molar-refractivity contribution >= 4 is 23.0 Å². The molecule has 224 valence electrons. The zero-order valence-corrected chi connectivity index (χ0v) is 23.3. The minimum Gasteiger partial charge on any atom is -0.507 e. The fourth-order valence-corrected chi connectivity index (χ4v) is 6.47. The highest BCUT2D eigenvalue weighted by Gasteiger charge is 2.41. The first-order valence-electron chi connectivity index (χ1n) is 14.0. The number of halogens is 3. The van der Waals surface area contributed by atoms with Crippen molar-refractivity contribution in [3.05, 3.63) is 81.4 Å². The van der Waals surface area contributed by atoms with Crippen LogP contribution in [0.15, 0.2) is 42.5 Å². The second-order valence-electron chi connectivity index (χ2n) is 11.2. The number of carbonyl (C=O) groups excluding carboxylic acids is 3. The summed E-state index contributed by atoms with van der Waals surface area (Å²) in [6, 6.07) is 9.78. The molecule has 3 aromatic rings. The molecule has 1 atom stereocenters. The number of rotatable bonds is 5. The molecule has 0 spiro atoms. The van der Waals surface area contributed by atoms with Crippen molar-refractivity contribution in [3.63, 3.8) is 0 Å². The number of benzene rings is 3. The van der Waals surface area contributed by atoms with E-state index in [0.717, 1.165) is 12.1 Å². The van der Waals surface area contributed by atoms with Gasteiger partial charge in [-0.25, -0.2) is 0 Å². The first kappa shape index (κ1) is 28.7. The van der Waals surface area contributed by atoms with Gasteiger partial charge in [-0.2, -0.15) is 13.2 Å². The third-order valence-corrected chi connectivity index (χ3v) is 8.77. The average Bonchev–Trinajstić information content (AvgIpc) is 3.01. The van der Waals surface area contributed by atoms with Gasteiger partial charge < -0.3 is 19.8 Å². The number of methoxy groups -OCH3 is 1. The molecule has 2 aliphatic carbocycles. The lowest BCUT2D eigenvalue weighted by molar-refractivity contribution is -0.137. The Morgan fingerprint density at radius 2 is 1.60 bits per heavy atom. The van der Waals surface area contributed by atoms with Gasteiger partial charge in [0.1, 0.15) is 23.0 Å². The number of phenols is 2. The Hall–Kier alpha value is -4.38. The van der Waals surface area contributed by atoms with Gasteiger partial charge in [0.15, 0.2) is 5.78 Å². The van der Waals surface area contributed by atoms with E-state index in [4.69, 9.17) is 4.74 Å². The van der Waals surface area contributed by atoms with Crippen LogP contribution in [-0.4, -0.2) is 72.3 Å². The Balaban J connectivity index is 1.17. The zero-order chi connectivity index (χ0) is 30.6. The lowest BCUT2D eigenvalue weighted by Crippen LogP contribution is -2.49. The van der Waals surface area contributed by atoms with Gasteiger partial charge in [0, 0.05) is 54.5 Å². The van der Waals surface area contributed by atoms with Crippen LogP contribution in [0.1, 0.15) is 55.0 Å². The number of fused-ring (bicyclic) bond motifs is 3. The maximum Gasteiger partial charge on any atom is 0.416 e. The molecule has 0 aromatic heterocycles. The molecule has 1 unspecified atom stereocenters. The van der Waals surface area contributed by atoms with Gasteiger partial charge in [0.2, 0.25) is 5.78 Å². The number of phenolic OH excluding ortho intramolecular Hbond substituents is 2. The summed E-state index contributed by atoms with van der Waals surface area (Å²) >= 11 is 0. The molecule has 6 rings (SSSR count). The lowest BCUT2D eigenvalue weighted by atomic mass is 9.74. The first-order chi connectivity index (χ1) is 20.5. The smallest absolute Gasteiger partial charge is 0.416 e. The fraction of sp³-hybridized carbons (Fsp3) is 0.344. The molecule has 3 aromatic carbocycles. The van der Waals surface area contributed by atoms with Crippen LogP contribution in [0.25, 0.3) is 0 Å². The van der Waals surface area contributed by atoms with Gasteiger partial charge in [0.05, 0.1) is 35.9 Å². The van der Waals surface area contributed by atoms with Crippen LogP contribution in [0.5, 0.6) is 17.2 Å². The summed E-state index contributed by atoms with van der Waals surface area (Å²) in [5, 5.41) is 22.4. The molecule has 11 heteroatoms. The number of nitrogens with zero attached hydrogens (tertiary/aromatic N) is 2. The molecule has 3 aliphatic rings. The molecule has 43 heavy (non-hydrogen) atoms. The maximum absolute atomic E-state index is 13.4. The van der Waals surface area contributed by atoms with Crippen LogP contribution in [0.4, 0.5) is 18.9 Å². The van der Waals surface area contributed by atoms with Crippen molar-refractivity contribution in [2.45, 2.75) is 25.4 Å². The average molecular weight is 595 g/mol. The maximum atomic E-state index is 13.4. The quantitative estimate of drug-likeness (QED) is 0.328. The predicted molar refractivity (Wildman–Crippen MR) is 150 cm³/mol. The van der Waals surface area contributed by atoms with Gasteiger partial charge >= 0.3 is 6.18 Å². The fourth-order valence-electron chi connectivity index (χ4n) is 6.47. The Bertz CT molecular complexity index is 1660. The van der Waals surface area contributed by atoms with E-state index < -0.39 is 29.2 Å². The van der Waals surface area contributed by atoms with E-state index in [1.54, 1.807) is 18.2 Å². The Morgan fingerprint density at radius 1 is 0.930 bits per heavy atom. The van der Waals surface area contributed by atoms with Crippen molar-refractivity contribution in [1.82, 2.24) is 4.90 Å². The van der Waals surface area contributed by atoms with Gasteiger partial charge in [-0.1, -0.05) is 18.2 Å². The third kappa shape index (κ3) is 4.91. The van der Waals surface area contributed by atoms with Crippen molar-refractivity contribution in [2.24, 2.45) is 5.92 Å². The number of alkyl halides is 3. The minimum absolute atomic E-state index is 0.0363. The van der Waals surface area contributed by atoms with Crippen LogP contribution in [0.2, 0.25) is 0 Å². The standard InChI is InChI=1S/C32H29F3N2O6/c1-43-24-7-3-6-21-25(24)31(42)27-26(29(21)40)30(41)22-14-17(8-9-20(22)28(27)39)23(38)16-36-10-12-37(13-11-36)19-5-2-4-18(15-19)32(33,34)35/h2-7,15,17,39,41H,8-14,16H2,1H3. The highest BCUT2D eigenvalue weighted by atomic mass is 19.4. The number of ether oxygens (including phenoxy) is 1. The number of anilines is 1. The SMILES string of the molecule is COc1cccc2c1C(=O)c1c(O)c3c(c(O)c1C2=O)CC(C(=O)CN1CCN(c2cccc(C(F)(F)F)c2)CC1)CC3. The molecular weight excluding hydrogens is 565 g/mol. The number of carbonyl (C=O) groups is 3. The Morgan fingerprint density at radius 3 is 2.30 bits per heavy atom. The summed E-state index contributed by atoms with van der Waals surface area (Å²) in [5.74, 6) is -2.30. The molecule has 1 heterocycles. The van der Waals surface area contributed by atoms with Gasteiger partial charge in [0.25, 0.3) is 0 Å². The number of aromatic hydroxyl groups is 2. The zero-order valence-electron chi connectivity index (χ0n) is 23.3. The second-order valence-corrected chi connectivity index (χ2v) is 11.2.